The van der Waals surface area contributed by atoms with E-state index in [4.69, 9.17) is 23.2 Å². The Morgan fingerprint density at radius 1 is 1.08 bits per heavy atom. The fourth-order valence-corrected chi connectivity index (χ4v) is 2.88. The zero-order valence-electron chi connectivity index (χ0n) is 14.0. The van der Waals surface area contributed by atoms with Crippen molar-refractivity contribution in [2.45, 2.75) is 19.9 Å². The largest absolute Gasteiger partial charge is 0.354 e. The first-order valence-corrected chi connectivity index (χ1v) is 8.71. The number of halogens is 2. The maximum Gasteiger partial charge on any atom is 0.239 e. The number of carbonyl (C=O) groups excluding carboxylic acids is 2. The van der Waals surface area contributed by atoms with Crippen molar-refractivity contribution in [3.8, 4) is 0 Å². The third kappa shape index (κ3) is 6.40. The van der Waals surface area contributed by atoms with E-state index in [0.29, 0.717) is 29.6 Å². The topological polar surface area (TPSA) is 49.4 Å². The van der Waals surface area contributed by atoms with Gasteiger partial charge in [0.15, 0.2) is 0 Å². The maximum atomic E-state index is 12.1. The summed E-state index contributed by atoms with van der Waals surface area (Å²) < 4.78 is 0. The molecule has 0 aliphatic heterocycles. The predicted molar refractivity (Wildman–Crippen MR) is 101 cm³/mol. The number of hydrogen-bond donors (Lipinski definition) is 1. The van der Waals surface area contributed by atoms with Crippen LogP contribution in [0.2, 0.25) is 10.0 Å². The lowest BCUT2D eigenvalue weighted by atomic mass is 10.1. The molecule has 2 rings (SSSR count). The molecule has 0 heterocycles. The molecule has 6 heteroatoms. The van der Waals surface area contributed by atoms with Gasteiger partial charge < -0.3 is 10.2 Å². The molecule has 2 aromatic carbocycles. The van der Waals surface area contributed by atoms with Crippen LogP contribution in [0, 0.1) is 0 Å². The highest BCUT2D eigenvalue weighted by Crippen LogP contribution is 2.21. The Morgan fingerprint density at radius 2 is 1.80 bits per heavy atom. The molecule has 0 unspecified atom stereocenters. The summed E-state index contributed by atoms with van der Waals surface area (Å²) >= 11 is 12.0. The van der Waals surface area contributed by atoms with Crippen LogP contribution in [0.15, 0.2) is 48.5 Å². The fourth-order valence-electron chi connectivity index (χ4n) is 2.37. The van der Waals surface area contributed by atoms with Gasteiger partial charge in [0.2, 0.25) is 11.8 Å². The number of nitrogens with one attached hydrogen (secondary N) is 1. The fraction of sp³-hybridized carbons (Fsp3) is 0.263. The van der Waals surface area contributed by atoms with E-state index in [1.165, 1.54) is 11.8 Å². The SMILES string of the molecule is CC(=O)N(CC(=O)NCCc1ccc(Cl)cc1Cl)Cc1ccccc1. The standard InChI is InChI=1S/C19H20Cl2N2O2/c1-14(24)23(12-15-5-3-2-4-6-15)13-19(25)22-10-9-16-7-8-17(20)11-18(16)21/h2-8,11H,9-10,12-13H2,1H3,(H,22,25). The Hall–Kier alpha value is -2.04. The second-order valence-corrected chi connectivity index (χ2v) is 6.54. The van der Waals surface area contributed by atoms with Crippen LogP contribution < -0.4 is 5.32 Å². The van der Waals surface area contributed by atoms with E-state index in [-0.39, 0.29) is 18.4 Å². The third-order valence-corrected chi connectivity index (χ3v) is 4.31. The van der Waals surface area contributed by atoms with Gasteiger partial charge in [0, 0.05) is 30.1 Å². The van der Waals surface area contributed by atoms with E-state index in [9.17, 15) is 9.59 Å². The number of hydrogen-bond acceptors (Lipinski definition) is 2. The minimum Gasteiger partial charge on any atom is -0.354 e. The monoisotopic (exact) mass is 378 g/mol. The van der Waals surface area contributed by atoms with Crippen LogP contribution in [0.5, 0.6) is 0 Å². The van der Waals surface area contributed by atoms with Crippen molar-refractivity contribution >= 4 is 35.0 Å². The molecular formula is C19H20Cl2N2O2. The van der Waals surface area contributed by atoms with Crippen molar-refractivity contribution in [2.75, 3.05) is 13.1 Å². The Balaban J connectivity index is 1.83. The number of carbonyl (C=O) groups is 2. The van der Waals surface area contributed by atoms with E-state index < -0.39 is 0 Å². The summed E-state index contributed by atoms with van der Waals surface area (Å²) in [7, 11) is 0. The average molecular weight is 379 g/mol. The molecule has 0 saturated heterocycles. The molecule has 0 bridgehead atoms. The molecule has 0 fully saturated rings. The first kappa shape index (κ1) is 19.3. The smallest absolute Gasteiger partial charge is 0.239 e. The molecule has 0 aromatic heterocycles. The predicted octanol–water partition coefficient (Wildman–Crippen LogP) is 3.70. The summed E-state index contributed by atoms with van der Waals surface area (Å²) in [4.78, 5) is 25.4. The van der Waals surface area contributed by atoms with Gasteiger partial charge in [-0.3, -0.25) is 9.59 Å². The molecule has 132 valence electrons. The molecule has 0 aliphatic carbocycles. The molecule has 0 aliphatic rings. The van der Waals surface area contributed by atoms with Crippen LogP contribution in [0.3, 0.4) is 0 Å². The van der Waals surface area contributed by atoms with Gasteiger partial charge in [-0.05, 0) is 29.7 Å². The quantitative estimate of drug-likeness (QED) is 0.798. The van der Waals surface area contributed by atoms with Gasteiger partial charge in [-0.25, -0.2) is 0 Å². The van der Waals surface area contributed by atoms with Crippen LogP contribution in [-0.4, -0.2) is 29.8 Å². The van der Waals surface area contributed by atoms with Gasteiger partial charge in [0.1, 0.15) is 0 Å². The Kier molecular flexibility index (Phi) is 7.29. The average Bonchev–Trinajstić information content (AvgIpc) is 2.57. The second-order valence-electron chi connectivity index (χ2n) is 5.70. The van der Waals surface area contributed by atoms with Gasteiger partial charge in [0.25, 0.3) is 0 Å². The van der Waals surface area contributed by atoms with E-state index >= 15 is 0 Å². The molecule has 2 amide bonds. The van der Waals surface area contributed by atoms with Gasteiger partial charge in [-0.2, -0.15) is 0 Å². The molecule has 4 nitrogen and oxygen atoms in total. The highest BCUT2D eigenvalue weighted by molar-refractivity contribution is 6.35. The Bertz CT molecular complexity index is 735. The molecular weight excluding hydrogens is 359 g/mol. The van der Waals surface area contributed by atoms with Crippen molar-refractivity contribution in [2.24, 2.45) is 0 Å². The minimum atomic E-state index is -0.198. The number of amides is 2. The number of rotatable bonds is 7. The van der Waals surface area contributed by atoms with Crippen molar-refractivity contribution in [1.29, 1.82) is 0 Å². The summed E-state index contributed by atoms with van der Waals surface area (Å²) in [5.41, 5.74) is 1.90. The van der Waals surface area contributed by atoms with Crippen LogP contribution in [0.4, 0.5) is 0 Å². The highest BCUT2D eigenvalue weighted by atomic mass is 35.5. The van der Waals surface area contributed by atoms with E-state index in [0.717, 1.165) is 11.1 Å². The first-order chi connectivity index (χ1) is 12.0. The highest BCUT2D eigenvalue weighted by Gasteiger charge is 2.14. The molecule has 0 saturated carbocycles. The van der Waals surface area contributed by atoms with Crippen molar-refractivity contribution in [1.82, 2.24) is 10.2 Å². The minimum absolute atomic E-state index is 0.0264. The van der Waals surface area contributed by atoms with Gasteiger partial charge in [-0.1, -0.05) is 59.6 Å². The molecule has 0 spiro atoms. The zero-order valence-corrected chi connectivity index (χ0v) is 15.5. The van der Waals surface area contributed by atoms with Crippen molar-refractivity contribution < 1.29 is 9.59 Å². The molecule has 1 N–H and O–H groups in total. The molecule has 25 heavy (non-hydrogen) atoms. The lowest BCUT2D eigenvalue weighted by molar-refractivity contribution is -0.134. The summed E-state index contributed by atoms with van der Waals surface area (Å²) in [6.45, 7) is 2.34. The molecule has 0 radical (unpaired) electrons. The van der Waals surface area contributed by atoms with Crippen LogP contribution in [0.1, 0.15) is 18.1 Å². The second kappa shape index (κ2) is 9.44. The maximum absolute atomic E-state index is 12.1. The number of benzene rings is 2. The van der Waals surface area contributed by atoms with Crippen molar-refractivity contribution in [3.05, 3.63) is 69.7 Å². The van der Waals surface area contributed by atoms with E-state index in [2.05, 4.69) is 5.32 Å². The van der Waals surface area contributed by atoms with Crippen molar-refractivity contribution in [3.63, 3.8) is 0 Å². The van der Waals surface area contributed by atoms with Gasteiger partial charge in [-0.15, -0.1) is 0 Å². The molecule has 0 atom stereocenters. The Morgan fingerprint density at radius 3 is 2.44 bits per heavy atom. The normalized spacial score (nSPS) is 10.4. The summed E-state index contributed by atoms with van der Waals surface area (Å²) in [5, 5.41) is 3.98. The van der Waals surface area contributed by atoms with Gasteiger partial charge >= 0.3 is 0 Å². The van der Waals surface area contributed by atoms with Crippen LogP contribution in [0.25, 0.3) is 0 Å². The first-order valence-electron chi connectivity index (χ1n) is 7.96. The summed E-state index contributed by atoms with van der Waals surface area (Å²) in [5.74, 6) is -0.337. The van der Waals surface area contributed by atoms with E-state index in [1.54, 1.807) is 12.1 Å². The Labute approximate surface area is 157 Å². The lowest BCUT2D eigenvalue weighted by Gasteiger charge is -2.20. The van der Waals surface area contributed by atoms with E-state index in [1.807, 2.05) is 36.4 Å². The number of nitrogens with zero attached hydrogens (tertiary/aromatic N) is 1. The summed E-state index contributed by atoms with van der Waals surface area (Å²) in [6, 6.07) is 14.9. The lowest BCUT2D eigenvalue weighted by Crippen LogP contribution is -2.39. The van der Waals surface area contributed by atoms with Gasteiger partial charge in [0.05, 0.1) is 6.54 Å². The third-order valence-electron chi connectivity index (χ3n) is 3.73. The molecule has 2 aromatic rings. The van der Waals surface area contributed by atoms with Crippen LogP contribution >= 0.6 is 23.2 Å². The zero-order chi connectivity index (χ0) is 18.2. The summed E-state index contributed by atoms with van der Waals surface area (Å²) in [6.07, 6.45) is 0.598. The van der Waals surface area contributed by atoms with Crippen LogP contribution in [-0.2, 0) is 22.6 Å².